The van der Waals surface area contributed by atoms with Gasteiger partial charge in [-0.25, -0.2) is 12.8 Å². The van der Waals surface area contributed by atoms with Crippen LogP contribution in [0.4, 0.5) is 4.39 Å². The molecule has 1 aromatic rings. The molecule has 0 aliphatic rings. The molecule has 6 heteroatoms. The number of alkyl halides is 1. The highest BCUT2D eigenvalue weighted by atomic mass is 35.5. The van der Waals surface area contributed by atoms with Gasteiger partial charge < -0.3 is 5.11 Å². The van der Waals surface area contributed by atoms with E-state index in [2.05, 4.69) is 0 Å². The number of sulfone groups is 1. The summed E-state index contributed by atoms with van der Waals surface area (Å²) in [6.45, 7) is 1.43. The van der Waals surface area contributed by atoms with Crippen LogP contribution in [0.5, 0.6) is 0 Å². The van der Waals surface area contributed by atoms with Gasteiger partial charge in [-0.1, -0.05) is 19.1 Å². The smallest absolute Gasteiger partial charge is 0.169 e. The largest absolute Gasteiger partial charge is 0.386 e. The molecule has 0 unspecified atom stereocenters. The van der Waals surface area contributed by atoms with Crippen molar-refractivity contribution in [1.29, 1.82) is 0 Å². The molecule has 0 amide bonds. The van der Waals surface area contributed by atoms with Crippen molar-refractivity contribution in [3.05, 3.63) is 35.6 Å². The SMILES string of the molecule is CCS(=O)(=O)[C@H](Cl)[C@H](O)c1cccc(F)c1. The molecule has 0 aliphatic heterocycles. The van der Waals surface area contributed by atoms with Crippen LogP contribution in [0.1, 0.15) is 18.6 Å². The summed E-state index contributed by atoms with van der Waals surface area (Å²) >= 11 is 5.65. The topological polar surface area (TPSA) is 54.4 Å². The molecular formula is C10H12ClFO3S. The number of aliphatic hydroxyl groups excluding tert-OH is 1. The summed E-state index contributed by atoms with van der Waals surface area (Å²) in [5.41, 5.74) is 0.150. The molecular weight excluding hydrogens is 255 g/mol. The molecule has 1 rings (SSSR count). The standard InChI is InChI=1S/C10H12ClFO3S/c1-2-16(14,15)10(11)9(13)7-4-3-5-8(12)6-7/h3-6,9-10,13H,2H2,1H3/t9-,10+/m1/s1. The number of hydrogen-bond acceptors (Lipinski definition) is 3. The minimum atomic E-state index is -3.57. The monoisotopic (exact) mass is 266 g/mol. The fraction of sp³-hybridized carbons (Fsp3) is 0.400. The van der Waals surface area contributed by atoms with E-state index in [4.69, 9.17) is 11.6 Å². The van der Waals surface area contributed by atoms with Gasteiger partial charge in [0.1, 0.15) is 11.9 Å². The van der Waals surface area contributed by atoms with Gasteiger partial charge in [0.15, 0.2) is 14.5 Å². The van der Waals surface area contributed by atoms with E-state index in [1.807, 2.05) is 0 Å². The Labute approximate surface area is 98.8 Å². The maximum Gasteiger partial charge on any atom is 0.169 e. The molecule has 0 radical (unpaired) electrons. The van der Waals surface area contributed by atoms with Gasteiger partial charge in [-0.3, -0.25) is 0 Å². The Morgan fingerprint density at radius 3 is 2.62 bits per heavy atom. The van der Waals surface area contributed by atoms with Crippen LogP contribution in [0.3, 0.4) is 0 Å². The Bertz CT molecular complexity index is 461. The predicted molar refractivity (Wildman–Crippen MR) is 60.5 cm³/mol. The first-order chi connectivity index (χ1) is 7.38. The molecule has 1 N–H and O–H groups in total. The molecule has 0 bridgehead atoms. The minimum absolute atomic E-state index is 0.150. The van der Waals surface area contributed by atoms with Crippen molar-refractivity contribution in [2.75, 3.05) is 5.75 Å². The van der Waals surface area contributed by atoms with Crippen LogP contribution >= 0.6 is 11.6 Å². The molecule has 0 saturated heterocycles. The zero-order valence-electron chi connectivity index (χ0n) is 8.60. The first kappa shape index (κ1) is 13.4. The highest BCUT2D eigenvalue weighted by Crippen LogP contribution is 2.26. The van der Waals surface area contributed by atoms with Gasteiger partial charge in [0.2, 0.25) is 0 Å². The van der Waals surface area contributed by atoms with Crippen LogP contribution in [0.25, 0.3) is 0 Å². The van der Waals surface area contributed by atoms with Crippen molar-refractivity contribution >= 4 is 21.4 Å². The summed E-state index contributed by atoms with van der Waals surface area (Å²) in [5, 5.41) is 9.70. The first-order valence-corrected chi connectivity index (χ1v) is 6.83. The summed E-state index contributed by atoms with van der Waals surface area (Å²) in [6, 6.07) is 5.07. The maximum atomic E-state index is 12.9. The number of aliphatic hydroxyl groups is 1. The van der Waals surface area contributed by atoms with Crippen molar-refractivity contribution in [3.8, 4) is 0 Å². The lowest BCUT2D eigenvalue weighted by atomic mass is 10.1. The molecule has 0 heterocycles. The normalized spacial score (nSPS) is 15.8. The lowest BCUT2D eigenvalue weighted by Crippen LogP contribution is -2.24. The van der Waals surface area contributed by atoms with Gasteiger partial charge in [-0.05, 0) is 17.7 Å². The summed E-state index contributed by atoms with van der Waals surface area (Å²) in [7, 11) is -3.57. The van der Waals surface area contributed by atoms with E-state index in [1.54, 1.807) is 0 Å². The minimum Gasteiger partial charge on any atom is -0.386 e. The lowest BCUT2D eigenvalue weighted by molar-refractivity contribution is 0.191. The van der Waals surface area contributed by atoms with Crippen LogP contribution in [0.2, 0.25) is 0 Å². The van der Waals surface area contributed by atoms with Crippen molar-refractivity contribution in [1.82, 2.24) is 0 Å². The van der Waals surface area contributed by atoms with Gasteiger partial charge in [0.25, 0.3) is 0 Å². The first-order valence-electron chi connectivity index (χ1n) is 4.67. The molecule has 3 nitrogen and oxygen atoms in total. The average Bonchev–Trinajstić information content (AvgIpc) is 2.27. The van der Waals surface area contributed by atoms with Crippen molar-refractivity contribution in [3.63, 3.8) is 0 Å². The lowest BCUT2D eigenvalue weighted by Gasteiger charge is -2.16. The van der Waals surface area contributed by atoms with E-state index in [0.717, 1.165) is 6.07 Å². The second-order valence-corrected chi connectivity index (χ2v) is 6.44. The third kappa shape index (κ3) is 2.93. The second kappa shape index (κ2) is 5.12. The van der Waals surface area contributed by atoms with Crippen molar-refractivity contribution in [2.24, 2.45) is 0 Å². The summed E-state index contributed by atoms with van der Waals surface area (Å²) in [6.07, 6.45) is -1.43. The van der Waals surface area contributed by atoms with Gasteiger partial charge in [-0.15, -0.1) is 11.6 Å². The Kier molecular flexibility index (Phi) is 4.29. The van der Waals surface area contributed by atoms with Gasteiger partial charge in [0, 0.05) is 5.75 Å². The molecule has 1 aromatic carbocycles. The highest BCUT2D eigenvalue weighted by Gasteiger charge is 2.30. The molecule has 0 fully saturated rings. The molecule has 2 atom stereocenters. The van der Waals surface area contributed by atoms with E-state index in [0.29, 0.717) is 0 Å². The molecule has 16 heavy (non-hydrogen) atoms. The molecule has 0 saturated carbocycles. The van der Waals surface area contributed by atoms with Crippen LogP contribution in [0.15, 0.2) is 24.3 Å². The van der Waals surface area contributed by atoms with Crippen molar-refractivity contribution in [2.45, 2.75) is 17.7 Å². The third-order valence-electron chi connectivity index (χ3n) is 2.18. The summed E-state index contributed by atoms with van der Waals surface area (Å²) in [4.78, 5) is 0. The van der Waals surface area contributed by atoms with Crippen LogP contribution in [-0.4, -0.2) is 24.0 Å². The third-order valence-corrected chi connectivity index (χ3v) is 4.99. The Morgan fingerprint density at radius 1 is 1.50 bits per heavy atom. The van der Waals surface area contributed by atoms with E-state index in [9.17, 15) is 17.9 Å². The van der Waals surface area contributed by atoms with E-state index < -0.39 is 26.5 Å². The van der Waals surface area contributed by atoms with Crippen molar-refractivity contribution < 1.29 is 17.9 Å². The Balaban J connectivity index is 2.99. The molecule has 0 spiro atoms. The number of hydrogen-bond donors (Lipinski definition) is 1. The highest BCUT2D eigenvalue weighted by molar-refractivity contribution is 7.93. The molecule has 90 valence electrons. The van der Waals surface area contributed by atoms with Crippen LogP contribution in [0, 0.1) is 5.82 Å². The fourth-order valence-electron chi connectivity index (χ4n) is 1.20. The quantitative estimate of drug-likeness (QED) is 0.847. The number of benzene rings is 1. The summed E-state index contributed by atoms with van der Waals surface area (Å²) in [5.74, 6) is -0.720. The van der Waals surface area contributed by atoms with E-state index in [1.165, 1.54) is 25.1 Å². The van der Waals surface area contributed by atoms with Gasteiger partial charge in [-0.2, -0.15) is 0 Å². The summed E-state index contributed by atoms with van der Waals surface area (Å²) < 4.78 is 34.2. The maximum absolute atomic E-state index is 12.9. The number of halogens is 2. The van der Waals surface area contributed by atoms with Crippen LogP contribution in [-0.2, 0) is 9.84 Å². The second-order valence-electron chi connectivity index (χ2n) is 3.30. The molecule has 0 aliphatic carbocycles. The zero-order chi connectivity index (χ0) is 12.3. The van der Waals surface area contributed by atoms with E-state index >= 15 is 0 Å². The van der Waals surface area contributed by atoms with E-state index in [-0.39, 0.29) is 11.3 Å². The predicted octanol–water partition coefficient (Wildman–Crippen LogP) is 1.86. The average molecular weight is 267 g/mol. The molecule has 0 aromatic heterocycles. The van der Waals surface area contributed by atoms with Gasteiger partial charge >= 0.3 is 0 Å². The zero-order valence-corrected chi connectivity index (χ0v) is 10.2. The Hall–Kier alpha value is -0.650. The van der Waals surface area contributed by atoms with Gasteiger partial charge in [0.05, 0.1) is 0 Å². The van der Waals surface area contributed by atoms with Crippen LogP contribution < -0.4 is 0 Å². The number of rotatable bonds is 4. The fourth-order valence-corrected chi connectivity index (χ4v) is 2.59. The Morgan fingerprint density at radius 2 is 2.12 bits per heavy atom.